The van der Waals surface area contributed by atoms with E-state index in [1.807, 2.05) is 20.8 Å². The van der Waals surface area contributed by atoms with Crippen LogP contribution < -0.4 is 0 Å². The molecule has 0 saturated carbocycles. The molecule has 0 spiro atoms. The van der Waals surface area contributed by atoms with Crippen molar-refractivity contribution in [3.8, 4) is 0 Å². The molecule has 0 aromatic carbocycles. The smallest absolute Gasteiger partial charge is 0.333 e. The van der Waals surface area contributed by atoms with E-state index >= 15 is 0 Å². The Bertz CT molecular complexity index is 510. The molecule has 22 heavy (non-hydrogen) atoms. The van der Waals surface area contributed by atoms with Gasteiger partial charge in [-0.2, -0.15) is 0 Å². The summed E-state index contributed by atoms with van der Waals surface area (Å²) in [6.07, 6.45) is 2.83. The number of ether oxygens (including phenoxy) is 3. The van der Waals surface area contributed by atoms with Crippen LogP contribution in [-0.4, -0.2) is 43.6 Å². The molecule has 0 aromatic rings. The van der Waals surface area contributed by atoms with Crippen molar-refractivity contribution in [1.82, 2.24) is 0 Å². The van der Waals surface area contributed by atoms with Crippen molar-refractivity contribution in [3.63, 3.8) is 0 Å². The van der Waals surface area contributed by atoms with Gasteiger partial charge in [-0.1, -0.05) is 27.4 Å². The number of rotatable bonds is 5. The van der Waals surface area contributed by atoms with Crippen LogP contribution in [-0.2, 0) is 19.0 Å². The summed E-state index contributed by atoms with van der Waals surface area (Å²) in [6.45, 7) is 10.9. The second kappa shape index (κ2) is 6.67. The zero-order chi connectivity index (χ0) is 17.1. The highest BCUT2D eigenvalue weighted by molar-refractivity contribution is 5.87. The highest BCUT2D eigenvalue weighted by Gasteiger charge is 2.52. The van der Waals surface area contributed by atoms with Crippen LogP contribution in [0, 0.1) is 5.41 Å². The summed E-state index contributed by atoms with van der Waals surface area (Å²) in [5, 5.41) is 11.1. The molecule has 0 fully saturated rings. The van der Waals surface area contributed by atoms with Gasteiger partial charge in [0.1, 0.15) is 18.5 Å². The van der Waals surface area contributed by atoms with E-state index in [9.17, 15) is 9.90 Å². The maximum Gasteiger partial charge on any atom is 0.333 e. The van der Waals surface area contributed by atoms with E-state index in [4.69, 9.17) is 14.2 Å². The van der Waals surface area contributed by atoms with E-state index < -0.39 is 23.1 Å². The molecule has 0 aromatic heterocycles. The van der Waals surface area contributed by atoms with Crippen LogP contribution in [0.2, 0.25) is 0 Å². The Hall–Kier alpha value is -1.59. The van der Waals surface area contributed by atoms with Gasteiger partial charge >= 0.3 is 5.97 Å². The van der Waals surface area contributed by atoms with E-state index in [2.05, 4.69) is 6.58 Å². The van der Waals surface area contributed by atoms with Gasteiger partial charge in [-0.15, -0.1) is 0 Å². The summed E-state index contributed by atoms with van der Waals surface area (Å²) >= 11 is 0. The van der Waals surface area contributed by atoms with Crippen molar-refractivity contribution in [2.45, 2.75) is 39.4 Å². The fourth-order valence-corrected chi connectivity index (χ4v) is 2.39. The lowest BCUT2D eigenvalue weighted by Crippen LogP contribution is -2.55. The number of aliphatic hydroxyl groups is 1. The first-order chi connectivity index (χ1) is 10.1. The Morgan fingerprint density at radius 3 is 2.41 bits per heavy atom. The molecule has 2 atom stereocenters. The summed E-state index contributed by atoms with van der Waals surface area (Å²) < 4.78 is 16.0. The van der Waals surface area contributed by atoms with Crippen molar-refractivity contribution in [2.75, 3.05) is 20.8 Å². The Labute approximate surface area is 132 Å². The third-order valence-corrected chi connectivity index (χ3v) is 3.81. The molecular formula is C17H26O5. The number of esters is 1. The fraction of sp³-hybridized carbons (Fsp3) is 0.588. The predicted molar refractivity (Wildman–Crippen MR) is 84.1 cm³/mol. The summed E-state index contributed by atoms with van der Waals surface area (Å²) in [5.74, 6) is -0.0744. The van der Waals surface area contributed by atoms with E-state index in [1.54, 1.807) is 19.1 Å². The molecule has 0 aliphatic heterocycles. The fourth-order valence-electron chi connectivity index (χ4n) is 2.39. The molecule has 0 radical (unpaired) electrons. The summed E-state index contributed by atoms with van der Waals surface area (Å²) in [5.41, 5.74) is -0.779. The molecular weight excluding hydrogens is 284 g/mol. The van der Waals surface area contributed by atoms with Gasteiger partial charge in [-0.05, 0) is 24.6 Å². The molecule has 0 heterocycles. The average Bonchev–Trinajstić information content (AvgIpc) is 2.44. The Morgan fingerprint density at radius 2 is 2.00 bits per heavy atom. The normalized spacial score (nSPS) is 25.1. The van der Waals surface area contributed by atoms with Gasteiger partial charge < -0.3 is 19.3 Å². The van der Waals surface area contributed by atoms with Crippen LogP contribution in [0.3, 0.4) is 0 Å². The molecule has 1 aliphatic rings. The Balaban J connectivity index is 3.09. The van der Waals surface area contributed by atoms with E-state index in [0.717, 1.165) is 0 Å². The van der Waals surface area contributed by atoms with Crippen molar-refractivity contribution in [3.05, 3.63) is 35.6 Å². The SMILES string of the molecule is C=C(C)C(=O)OCC1=CC(OC)C(O)(C(C)(C)C)C(OC)=C1. The Kier molecular flexibility index (Phi) is 5.59. The molecule has 0 saturated heterocycles. The first-order valence-electron chi connectivity index (χ1n) is 7.12. The van der Waals surface area contributed by atoms with Crippen molar-refractivity contribution in [2.24, 2.45) is 5.41 Å². The van der Waals surface area contributed by atoms with Crippen molar-refractivity contribution < 1.29 is 24.1 Å². The van der Waals surface area contributed by atoms with Gasteiger partial charge in [-0.3, -0.25) is 0 Å². The molecule has 1 N–H and O–H groups in total. The minimum Gasteiger partial charge on any atom is -0.498 e. The molecule has 124 valence electrons. The molecule has 1 aliphatic carbocycles. The van der Waals surface area contributed by atoms with Gasteiger partial charge in [0.25, 0.3) is 0 Å². The maximum atomic E-state index is 11.5. The number of carbonyl (C=O) groups excluding carboxylic acids is 1. The lowest BCUT2D eigenvalue weighted by atomic mass is 9.69. The van der Waals surface area contributed by atoms with Crippen molar-refractivity contribution in [1.29, 1.82) is 0 Å². The van der Waals surface area contributed by atoms with Crippen LogP contribution >= 0.6 is 0 Å². The highest BCUT2D eigenvalue weighted by atomic mass is 16.5. The zero-order valence-corrected chi connectivity index (χ0v) is 14.2. The molecule has 5 nitrogen and oxygen atoms in total. The molecule has 0 bridgehead atoms. The van der Waals surface area contributed by atoms with Crippen molar-refractivity contribution >= 4 is 5.97 Å². The van der Waals surface area contributed by atoms with E-state index in [-0.39, 0.29) is 6.61 Å². The van der Waals surface area contributed by atoms with Gasteiger partial charge in [0.2, 0.25) is 0 Å². The molecule has 5 heteroatoms. The minimum absolute atomic E-state index is 0.0681. The summed E-state index contributed by atoms with van der Waals surface area (Å²) in [4.78, 5) is 11.5. The maximum absolute atomic E-state index is 11.5. The zero-order valence-electron chi connectivity index (χ0n) is 14.2. The number of carbonyl (C=O) groups is 1. The number of methoxy groups -OCH3 is 2. The topological polar surface area (TPSA) is 65.0 Å². The van der Waals surface area contributed by atoms with Gasteiger partial charge in [-0.25, -0.2) is 4.79 Å². The minimum atomic E-state index is -1.31. The third kappa shape index (κ3) is 3.42. The summed E-state index contributed by atoms with van der Waals surface area (Å²) in [6, 6.07) is 0. The van der Waals surface area contributed by atoms with Crippen LogP contribution in [0.4, 0.5) is 0 Å². The predicted octanol–water partition coefficient (Wildman–Crippen LogP) is 2.37. The molecule has 1 rings (SSSR count). The number of hydrogen-bond donors (Lipinski definition) is 1. The molecule has 2 unspecified atom stereocenters. The van der Waals surface area contributed by atoms with Crippen LogP contribution in [0.25, 0.3) is 0 Å². The largest absolute Gasteiger partial charge is 0.498 e. The van der Waals surface area contributed by atoms with Gasteiger partial charge in [0.05, 0.1) is 7.11 Å². The summed E-state index contributed by atoms with van der Waals surface area (Å²) in [7, 11) is 3.02. The van der Waals surface area contributed by atoms with Gasteiger partial charge in [0, 0.05) is 18.1 Å². The first kappa shape index (κ1) is 18.5. The second-order valence-corrected chi connectivity index (χ2v) is 6.48. The second-order valence-electron chi connectivity index (χ2n) is 6.48. The lowest BCUT2D eigenvalue weighted by molar-refractivity contribution is -0.139. The van der Waals surface area contributed by atoms with Crippen LogP contribution in [0.1, 0.15) is 27.7 Å². The van der Waals surface area contributed by atoms with E-state index in [1.165, 1.54) is 14.2 Å². The number of hydrogen-bond acceptors (Lipinski definition) is 5. The lowest BCUT2D eigenvalue weighted by Gasteiger charge is -2.46. The standard InChI is InChI=1S/C17H26O5/c1-11(2)15(18)22-10-12-8-13(20-6)17(19,16(3,4)5)14(9-12)21-7/h8-9,13,19H,1,10H2,2-7H3. The van der Waals surface area contributed by atoms with Gasteiger partial charge in [0.15, 0.2) is 5.60 Å². The molecule has 0 amide bonds. The van der Waals surface area contributed by atoms with Crippen LogP contribution in [0.5, 0.6) is 0 Å². The van der Waals surface area contributed by atoms with Crippen LogP contribution in [0.15, 0.2) is 35.6 Å². The monoisotopic (exact) mass is 310 g/mol. The highest BCUT2D eigenvalue weighted by Crippen LogP contribution is 2.43. The van der Waals surface area contributed by atoms with E-state index in [0.29, 0.717) is 16.9 Å². The quantitative estimate of drug-likeness (QED) is 0.624. The Morgan fingerprint density at radius 1 is 1.41 bits per heavy atom. The first-order valence-corrected chi connectivity index (χ1v) is 7.12. The third-order valence-electron chi connectivity index (χ3n) is 3.81. The average molecular weight is 310 g/mol.